The van der Waals surface area contributed by atoms with Crippen LogP contribution in [0.1, 0.15) is 49.1 Å². The van der Waals surface area contributed by atoms with Gasteiger partial charge in [-0.2, -0.15) is 21.6 Å². The third kappa shape index (κ3) is 6.68. The number of methoxy groups -OCH3 is 1. The van der Waals surface area contributed by atoms with E-state index in [0.717, 1.165) is 23.6 Å². The number of esters is 1. The smallest absolute Gasteiger partial charge is 0.465 e. The van der Waals surface area contributed by atoms with Gasteiger partial charge in [0.15, 0.2) is 0 Å². The molecule has 0 bridgehead atoms. The van der Waals surface area contributed by atoms with Crippen LogP contribution < -0.4 is 10.4 Å². The molecule has 0 N–H and O–H groups in total. The van der Waals surface area contributed by atoms with Crippen LogP contribution >= 0.6 is 0 Å². The maximum atomic E-state index is 13.2. The van der Waals surface area contributed by atoms with Crippen LogP contribution in [0.25, 0.3) is 6.08 Å². The molecule has 1 aromatic heterocycles. The van der Waals surface area contributed by atoms with E-state index in [1.807, 2.05) is 81.4 Å². The van der Waals surface area contributed by atoms with Crippen LogP contribution in [0.4, 0.5) is 13.2 Å². The van der Waals surface area contributed by atoms with E-state index >= 15 is 0 Å². The summed E-state index contributed by atoms with van der Waals surface area (Å²) in [7, 11) is -7.89. The molecule has 0 unspecified atom stereocenters. The molecule has 0 atom stereocenters. The number of hydrogen-bond donors (Lipinski definition) is 0. The Bertz CT molecular complexity index is 1400. The molecule has 0 saturated carbocycles. The monoisotopic (exact) mass is 596 g/mol. The summed E-state index contributed by atoms with van der Waals surface area (Å²) >= 11 is 0. The molecule has 2 aromatic carbocycles. The Morgan fingerprint density at radius 1 is 0.975 bits per heavy atom. The van der Waals surface area contributed by atoms with Crippen molar-refractivity contribution < 1.29 is 44.1 Å². The molecular formula is C28H31F3O7SSi. The van der Waals surface area contributed by atoms with Crippen molar-refractivity contribution >= 4 is 40.9 Å². The molecule has 1 heterocycles. The Morgan fingerprint density at radius 3 is 1.95 bits per heavy atom. The summed E-state index contributed by atoms with van der Waals surface area (Å²) in [5, 5.41) is 1.45. The van der Waals surface area contributed by atoms with E-state index in [1.54, 1.807) is 0 Å². The van der Waals surface area contributed by atoms with Gasteiger partial charge in [0, 0.05) is 19.1 Å². The first kappa shape index (κ1) is 31.2. The fraction of sp³-hybridized carbons (Fsp3) is 0.321. The summed E-state index contributed by atoms with van der Waals surface area (Å²) in [6.07, 6.45) is 0.657. The number of alkyl halides is 3. The molecule has 7 nitrogen and oxygen atoms in total. The van der Waals surface area contributed by atoms with Gasteiger partial charge in [-0.05, 0) is 28.4 Å². The van der Waals surface area contributed by atoms with E-state index in [4.69, 9.17) is 8.84 Å². The average Bonchev–Trinajstić information content (AvgIpc) is 3.25. The number of furan rings is 1. The van der Waals surface area contributed by atoms with Crippen molar-refractivity contribution in [1.82, 2.24) is 0 Å². The minimum atomic E-state index is -5.99. The fourth-order valence-electron chi connectivity index (χ4n) is 4.44. The van der Waals surface area contributed by atoms with Crippen molar-refractivity contribution in [2.45, 2.75) is 44.7 Å². The Morgan fingerprint density at radius 2 is 1.50 bits per heavy atom. The molecule has 3 rings (SSSR count). The lowest BCUT2D eigenvalue weighted by atomic mass is 10.2. The Labute approximate surface area is 232 Å². The number of carbonyl (C=O) groups excluding carboxylic acids is 1. The first-order valence-corrected chi connectivity index (χ1v) is 15.6. The summed E-state index contributed by atoms with van der Waals surface area (Å²) in [6.45, 7) is 7.38. The third-order valence-electron chi connectivity index (χ3n) is 6.23. The first-order chi connectivity index (χ1) is 18.6. The SMILES string of the molecule is COC(=O)c1cc(/C=C(/CCO[Si](c2ccccc2)(c2ccccc2)C(C)(C)C)OS(=O)(=O)C(F)(F)F)oc1C. The standard InChI is InChI=1S/C28H31F3O7SSi/c1-20-25(26(32)35-5)19-22(37-20)18-21(38-39(33,34)28(29,30)31)16-17-36-40(27(2,3)4,23-12-8-6-9-13-23)24-14-10-7-11-15-24/h6-15,18-19H,16-17H2,1-5H3/b21-18-. The fourth-order valence-corrected chi connectivity index (χ4v) is 9.51. The Hall–Kier alpha value is -3.35. The first-order valence-electron chi connectivity index (χ1n) is 12.3. The number of halogens is 3. The molecule has 40 heavy (non-hydrogen) atoms. The predicted octanol–water partition coefficient (Wildman–Crippen LogP) is 5.55. The molecule has 3 aromatic rings. The van der Waals surface area contributed by atoms with Gasteiger partial charge < -0.3 is 17.8 Å². The van der Waals surface area contributed by atoms with Crippen molar-refractivity contribution in [2.75, 3.05) is 13.7 Å². The highest BCUT2D eigenvalue weighted by molar-refractivity contribution is 7.87. The van der Waals surface area contributed by atoms with Crippen molar-refractivity contribution in [3.63, 3.8) is 0 Å². The van der Waals surface area contributed by atoms with Gasteiger partial charge in [-0.3, -0.25) is 0 Å². The van der Waals surface area contributed by atoms with Crippen LogP contribution in [-0.2, 0) is 23.5 Å². The van der Waals surface area contributed by atoms with Gasteiger partial charge in [0.2, 0.25) is 0 Å². The molecule has 216 valence electrons. The summed E-state index contributed by atoms with van der Waals surface area (Å²) in [4.78, 5) is 11.9. The molecule has 0 spiro atoms. The van der Waals surface area contributed by atoms with Crippen molar-refractivity contribution in [1.29, 1.82) is 0 Å². The highest BCUT2D eigenvalue weighted by Crippen LogP contribution is 2.37. The average molecular weight is 597 g/mol. The number of aryl methyl sites for hydroxylation is 1. The van der Waals surface area contributed by atoms with Gasteiger partial charge in [0.05, 0.1) is 7.11 Å². The lowest BCUT2D eigenvalue weighted by Crippen LogP contribution is -2.66. The molecule has 0 fully saturated rings. The summed E-state index contributed by atoms with van der Waals surface area (Å²) < 4.78 is 84.8. The zero-order valence-electron chi connectivity index (χ0n) is 22.7. The zero-order chi connectivity index (χ0) is 29.8. The van der Waals surface area contributed by atoms with E-state index < -0.39 is 40.7 Å². The van der Waals surface area contributed by atoms with E-state index in [-0.39, 0.29) is 30.1 Å². The summed E-state index contributed by atoms with van der Waals surface area (Å²) in [5.41, 5.74) is -5.61. The Balaban J connectivity index is 2.03. The van der Waals surface area contributed by atoms with Gasteiger partial charge in [-0.1, -0.05) is 81.4 Å². The molecular weight excluding hydrogens is 565 g/mol. The maximum Gasteiger partial charge on any atom is 0.534 e. The van der Waals surface area contributed by atoms with Gasteiger partial charge in [0.25, 0.3) is 8.32 Å². The van der Waals surface area contributed by atoms with Gasteiger partial charge in [0.1, 0.15) is 22.8 Å². The van der Waals surface area contributed by atoms with E-state index in [9.17, 15) is 26.4 Å². The summed E-state index contributed by atoms with van der Waals surface area (Å²) in [5.74, 6) is -1.24. The second kappa shape index (κ2) is 12.0. The van der Waals surface area contributed by atoms with E-state index in [0.29, 0.717) is 0 Å². The molecule has 0 saturated heterocycles. The third-order valence-corrected chi connectivity index (χ3v) is 12.3. The maximum absolute atomic E-state index is 13.2. The second-order valence-corrected chi connectivity index (χ2v) is 15.8. The normalized spacial score (nSPS) is 13.2. The highest BCUT2D eigenvalue weighted by atomic mass is 32.2. The predicted molar refractivity (Wildman–Crippen MR) is 147 cm³/mol. The number of ether oxygens (including phenoxy) is 1. The minimum Gasteiger partial charge on any atom is -0.465 e. The quantitative estimate of drug-likeness (QED) is 0.0997. The highest BCUT2D eigenvalue weighted by Gasteiger charge is 2.51. The Kier molecular flexibility index (Phi) is 9.37. The van der Waals surface area contributed by atoms with Gasteiger partial charge in [-0.25, -0.2) is 4.79 Å². The molecule has 0 aliphatic rings. The molecule has 12 heteroatoms. The molecule has 0 radical (unpaired) electrons. The largest absolute Gasteiger partial charge is 0.534 e. The number of carbonyl (C=O) groups is 1. The topological polar surface area (TPSA) is 92.0 Å². The van der Waals surface area contributed by atoms with Gasteiger partial charge >= 0.3 is 21.6 Å². The molecule has 0 amide bonds. The van der Waals surface area contributed by atoms with Crippen LogP contribution in [0.3, 0.4) is 0 Å². The molecule has 0 aliphatic heterocycles. The zero-order valence-corrected chi connectivity index (χ0v) is 24.6. The minimum absolute atomic E-state index is 0.0374. The lowest BCUT2D eigenvalue weighted by Gasteiger charge is -2.43. The van der Waals surface area contributed by atoms with Crippen LogP contribution in [-0.4, -0.2) is 41.9 Å². The van der Waals surface area contributed by atoms with Crippen molar-refractivity contribution in [2.24, 2.45) is 0 Å². The van der Waals surface area contributed by atoms with E-state index in [2.05, 4.69) is 8.92 Å². The number of benzene rings is 2. The second-order valence-electron chi connectivity index (χ2n) is 9.97. The van der Waals surface area contributed by atoms with Crippen LogP contribution in [0.2, 0.25) is 5.04 Å². The summed E-state index contributed by atoms with van der Waals surface area (Å²) in [6, 6.07) is 20.3. The lowest BCUT2D eigenvalue weighted by molar-refractivity contribution is -0.0523. The van der Waals surface area contributed by atoms with Crippen LogP contribution in [0.15, 0.2) is 76.9 Å². The molecule has 0 aliphatic carbocycles. The van der Waals surface area contributed by atoms with Gasteiger partial charge in [-0.15, -0.1) is 0 Å². The van der Waals surface area contributed by atoms with Crippen LogP contribution in [0.5, 0.6) is 0 Å². The number of hydrogen-bond acceptors (Lipinski definition) is 7. The number of rotatable bonds is 10. The van der Waals surface area contributed by atoms with Crippen molar-refractivity contribution in [3.05, 3.63) is 89.6 Å². The van der Waals surface area contributed by atoms with E-state index in [1.165, 1.54) is 13.0 Å². The van der Waals surface area contributed by atoms with Crippen LogP contribution in [0, 0.1) is 6.92 Å². The van der Waals surface area contributed by atoms with Crippen molar-refractivity contribution in [3.8, 4) is 0 Å².